The van der Waals surface area contributed by atoms with Gasteiger partial charge in [0.2, 0.25) is 0 Å². The molecule has 1 rings (SSSR count). The predicted molar refractivity (Wildman–Crippen MR) is 73.6 cm³/mol. The Kier molecular flexibility index (Phi) is 6.68. The van der Waals surface area contributed by atoms with Crippen LogP contribution < -0.4 is 0 Å². The maximum Gasteiger partial charge on any atom is 0.416 e. The van der Waals surface area contributed by atoms with E-state index in [2.05, 4.69) is 0 Å². The van der Waals surface area contributed by atoms with Gasteiger partial charge >= 0.3 is 12.1 Å². The molecular formula is C15H20F3NO2. The van der Waals surface area contributed by atoms with E-state index in [1.807, 2.05) is 6.92 Å². The minimum Gasteiger partial charge on any atom is -0.465 e. The van der Waals surface area contributed by atoms with Crippen molar-refractivity contribution >= 4 is 5.97 Å². The van der Waals surface area contributed by atoms with Gasteiger partial charge in [0, 0.05) is 6.54 Å². The molecule has 6 heteroatoms. The molecule has 118 valence electrons. The number of carbonyl (C=O) groups excluding carboxylic acids is 1. The van der Waals surface area contributed by atoms with Gasteiger partial charge in [-0.2, -0.15) is 13.2 Å². The van der Waals surface area contributed by atoms with Gasteiger partial charge in [-0.15, -0.1) is 0 Å². The molecule has 0 aliphatic carbocycles. The van der Waals surface area contributed by atoms with Crippen LogP contribution in [0.25, 0.3) is 0 Å². The van der Waals surface area contributed by atoms with Gasteiger partial charge < -0.3 is 4.74 Å². The molecule has 0 saturated heterocycles. The third-order valence-corrected chi connectivity index (χ3v) is 2.86. The van der Waals surface area contributed by atoms with Crippen molar-refractivity contribution in [1.29, 1.82) is 0 Å². The summed E-state index contributed by atoms with van der Waals surface area (Å²) in [4.78, 5) is 13.3. The Morgan fingerprint density at radius 1 is 1.29 bits per heavy atom. The fourth-order valence-electron chi connectivity index (χ4n) is 2.02. The van der Waals surface area contributed by atoms with Gasteiger partial charge in [0.05, 0.1) is 18.7 Å². The van der Waals surface area contributed by atoms with Crippen molar-refractivity contribution < 1.29 is 22.7 Å². The van der Waals surface area contributed by atoms with Crippen LogP contribution in [-0.2, 0) is 22.3 Å². The minimum atomic E-state index is -4.35. The fraction of sp³-hybridized carbons (Fsp3) is 0.533. The summed E-state index contributed by atoms with van der Waals surface area (Å²) in [6.45, 7) is 4.95. The van der Waals surface area contributed by atoms with Crippen molar-refractivity contribution in [2.24, 2.45) is 0 Å². The second-order valence-corrected chi connectivity index (χ2v) is 4.71. The van der Waals surface area contributed by atoms with Crippen molar-refractivity contribution in [3.05, 3.63) is 35.4 Å². The van der Waals surface area contributed by atoms with Crippen LogP contribution in [0, 0.1) is 0 Å². The van der Waals surface area contributed by atoms with Gasteiger partial charge in [-0.1, -0.05) is 25.1 Å². The minimum absolute atomic E-state index is 0.0813. The maximum absolute atomic E-state index is 12.7. The molecule has 0 atom stereocenters. The molecule has 0 aromatic heterocycles. The average Bonchev–Trinajstić information content (AvgIpc) is 2.38. The van der Waals surface area contributed by atoms with E-state index in [1.165, 1.54) is 6.07 Å². The smallest absolute Gasteiger partial charge is 0.416 e. The van der Waals surface area contributed by atoms with Gasteiger partial charge in [-0.25, -0.2) is 0 Å². The third kappa shape index (κ3) is 6.16. The molecular weight excluding hydrogens is 283 g/mol. The molecule has 21 heavy (non-hydrogen) atoms. The summed E-state index contributed by atoms with van der Waals surface area (Å²) >= 11 is 0. The van der Waals surface area contributed by atoms with E-state index in [9.17, 15) is 18.0 Å². The standard InChI is InChI=1S/C15H20F3NO2/c1-3-8-19(11-14(20)21-4-2)10-12-6-5-7-13(9-12)15(16,17)18/h5-7,9H,3-4,8,10-11H2,1-2H3. The molecule has 0 saturated carbocycles. The Labute approximate surface area is 122 Å². The van der Waals surface area contributed by atoms with E-state index in [4.69, 9.17) is 4.74 Å². The van der Waals surface area contributed by atoms with E-state index in [1.54, 1.807) is 17.9 Å². The molecule has 1 aromatic rings. The Morgan fingerprint density at radius 3 is 2.57 bits per heavy atom. The molecule has 0 radical (unpaired) electrons. The maximum atomic E-state index is 12.7. The Morgan fingerprint density at radius 2 is 2.00 bits per heavy atom. The molecule has 0 N–H and O–H groups in total. The second kappa shape index (κ2) is 8.02. The van der Waals surface area contributed by atoms with Crippen molar-refractivity contribution in [1.82, 2.24) is 4.90 Å². The summed E-state index contributed by atoms with van der Waals surface area (Å²) in [5.74, 6) is -0.363. The highest BCUT2D eigenvalue weighted by Gasteiger charge is 2.30. The van der Waals surface area contributed by atoms with Crippen LogP contribution in [0.15, 0.2) is 24.3 Å². The zero-order valence-electron chi connectivity index (χ0n) is 12.2. The van der Waals surface area contributed by atoms with E-state index in [0.717, 1.165) is 18.6 Å². The van der Waals surface area contributed by atoms with Crippen LogP contribution in [0.4, 0.5) is 13.2 Å². The molecule has 0 aliphatic rings. The highest BCUT2D eigenvalue weighted by Crippen LogP contribution is 2.29. The largest absolute Gasteiger partial charge is 0.465 e. The highest BCUT2D eigenvalue weighted by atomic mass is 19.4. The SMILES string of the molecule is CCCN(CC(=O)OCC)Cc1cccc(C(F)(F)F)c1. The molecule has 0 amide bonds. The molecule has 0 aliphatic heterocycles. The van der Waals surface area contributed by atoms with Crippen LogP contribution >= 0.6 is 0 Å². The van der Waals surface area contributed by atoms with E-state index < -0.39 is 11.7 Å². The Bertz CT molecular complexity index is 460. The summed E-state index contributed by atoms with van der Waals surface area (Å²) in [5, 5.41) is 0. The third-order valence-electron chi connectivity index (χ3n) is 2.86. The molecule has 1 aromatic carbocycles. The van der Waals surface area contributed by atoms with Crippen LogP contribution in [-0.4, -0.2) is 30.6 Å². The summed E-state index contributed by atoms with van der Waals surface area (Å²) in [6, 6.07) is 5.17. The molecule has 0 fully saturated rings. The van der Waals surface area contributed by atoms with E-state index in [0.29, 0.717) is 18.7 Å². The van der Waals surface area contributed by atoms with Gasteiger partial charge in [0.25, 0.3) is 0 Å². The molecule has 0 spiro atoms. The van der Waals surface area contributed by atoms with Crippen molar-refractivity contribution in [3.8, 4) is 0 Å². The summed E-state index contributed by atoms with van der Waals surface area (Å²) in [6.07, 6.45) is -3.55. The molecule has 0 bridgehead atoms. The lowest BCUT2D eigenvalue weighted by Gasteiger charge is -2.21. The first kappa shape index (κ1) is 17.5. The van der Waals surface area contributed by atoms with E-state index >= 15 is 0 Å². The Balaban J connectivity index is 2.77. The number of hydrogen-bond donors (Lipinski definition) is 0. The number of rotatable bonds is 7. The zero-order valence-corrected chi connectivity index (χ0v) is 12.2. The van der Waals surface area contributed by atoms with Gasteiger partial charge in [-0.3, -0.25) is 9.69 Å². The lowest BCUT2D eigenvalue weighted by atomic mass is 10.1. The topological polar surface area (TPSA) is 29.5 Å². The van der Waals surface area contributed by atoms with Gasteiger partial charge in [0.15, 0.2) is 0 Å². The summed E-state index contributed by atoms with van der Waals surface area (Å²) in [5.41, 5.74) is -0.143. The first-order chi connectivity index (χ1) is 9.86. The summed E-state index contributed by atoms with van der Waals surface area (Å²) in [7, 11) is 0. The number of nitrogens with zero attached hydrogens (tertiary/aromatic N) is 1. The second-order valence-electron chi connectivity index (χ2n) is 4.71. The molecule has 0 heterocycles. The monoisotopic (exact) mass is 303 g/mol. The quantitative estimate of drug-likeness (QED) is 0.722. The number of carbonyl (C=O) groups is 1. The lowest BCUT2D eigenvalue weighted by Crippen LogP contribution is -2.31. The van der Waals surface area contributed by atoms with Crippen LogP contribution in [0.1, 0.15) is 31.4 Å². The highest BCUT2D eigenvalue weighted by molar-refractivity contribution is 5.71. The van der Waals surface area contributed by atoms with Gasteiger partial charge in [0.1, 0.15) is 0 Å². The fourth-order valence-corrected chi connectivity index (χ4v) is 2.02. The normalized spacial score (nSPS) is 11.7. The van der Waals surface area contributed by atoms with Crippen molar-refractivity contribution in [2.45, 2.75) is 33.0 Å². The zero-order chi connectivity index (χ0) is 15.9. The van der Waals surface area contributed by atoms with Crippen LogP contribution in [0.5, 0.6) is 0 Å². The van der Waals surface area contributed by atoms with Gasteiger partial charge in [-0.05, 0) is 31.5 Å². The Hall–Kier alpha value is -1.56. The van der Waals surface area contributed by atoms with E-state index in [-0.39, 0.29) is 19.1 Å². The number of benzene rings is 1. The number of ether oxygens (including phenoxy) is 1. The first-order valence-electron chi connectivity index (χ1n) is 6.91. The number of halogens is 3. The molecule has 0 unspecified atom stereocenters. The summed E-state index contributed by atoms with van der Waals surface area (Å²) < 4.78 is 42.9. The van der Waals surface area contributed by atoms with Crippen LogP contribution in [0.2, 0.25) is 0 Å². The predicted octanol–water partition coefficient (Wildman–Crippen LogP) is 3.48. The molecule has 3 nitrogen and oxygen atoms in total. The van der Waals surface area contributed by atoms with Crippen molar-refractivity contribution in [2.75, 3.05) is 19.7 Å². The van der Waals surface area contributed by atoms with Crippen molar-refractivity contribution in [3.63, 3.8) is 0 Å². The average molecular weight is 303 g/mol. The first-order valence-corrected chi connectivity index (χ1v) is 6.91. The number of alkyl halides is 3. The lowest BCUT2D eigenvalue weighted by molar-refractivity contribution is -0.144. The van der Waals surface area contributed by atoms with Crippen LogP contribution in [0.3, 0.4) is 0 Å². The number of esters is 1. The number of hydrogen-bond acceptors (Lipinski definition) is 3.